The summed E-state index contributed by atoms with van der Waals surface area (Å²) in [5.41, 5.74) is 0. The van der Waals surface area contributed by atoms with Crippen LogP contribution in [0.1, 0.15) is 20.3 Å². The molecule has 1 saturated heterocycles. The molecule has 0 unspecified atom stereocenters. The average molecular weight is 225 g/mol. The van der Waals surface area contributed by atoms with Crippen molar-refractivity contribution >= 4 is 22.4 Å². The number of anilines is 1. The van der Waals surface area contributed by atoms with Crippen LogP contribution in [0.15, 0.2) is 11.6 Å². The molecule has 1 aliphatic rings. The molecule has 0 aromatic carbocycles. The van der Waals surface area contributed by atoms with Gasteiger partial charge in [0.1, 0.15) is 0 Å². The van der Waals surface area contributed by atoms with E-state index in [4.69, 9.17) is 0 Å². The second-order valence-corrected chi connectivity index (χ2v) is 4.86. The van der Waals surface area contributed by atoms with Crippen LogP contribution in [-0.2, 0) is 4.79 Å². The van der Waals surface area contributed by atoms with E-state index in [1.807, 2.05) is 5.38 Å². The molecule has 4 nitrogen and oxygen atoms in total. The Balaban J connectivity index is 1.92. The molecule has 0 spiro atoms. The van der Waals surface area contributed by atoms with E-state index >= 15 is 0 Å². The van der Waals surface area contributed by atoms with Crippen LogP contribution in [0.2, 0.25) is 0 Å². The molecule has 2 rings (SSSR count). The SMILES string of the molecule is CC(C)N1CC[C@H]1C(=O)Nc1nccs1. The minimum Gasteiger partial charge on any atom is -0.301 e. The van der Waals surface area contributed by atoms with Crippen LogP contribution in [0.3, 0.4) is 0 Å². The van der Waals surface area contributed by atoms with Crippen LogP contribution >= 0.6 is 11.3 Å². The highest BCUT2D eigenvalue weighted by molar-refractivity contribution is 7.13. The minimum absolute atomic E-state index is 0.0360. The molecule has 2 heterocycles. The predicted molar refractivity (Wildman–Crippen MR) is 61.0 cm³/mol. The summed E-state index contributed by atoms with van der Waals surface area (Å²) in [6.07, 6.45) is 2.65. The summed E-state index contributed by atoms with van der Waals surface area (Å²) in [5, 5.41) is 5.38. The van der Waals surface area contributed by atoms with Gasteiger partial charge >= 0.3 is 0 Å². The third kappa shape index (κ3) is 2.18. The van der Waals surface area contributed by atoms with Crippen molar-refractivity contribution in [2.75, 3.05) is 11.9 Å². The van der Waals surface area contributed by atoms with Crippen molar-refractivity contribution in [3.8, 4) is 0 Å². The molecule has 0 aliphatic carbocycles. The van der Waals surface area contributed by atoms with Gasteiger partial charge in [-0.15, -0.1) is 11.3 Å². The number of nitrogens with zero attached hydrogens (tertiary/aromatic N) is 2. The number of amides is 1. The number of carbonyl (C=O) groups is 1. The zero-order valence-electron chi connectivity index (χ0n) is 8.93. The Kier molecular flexibility index (Phi) is 3.02. The molecule has 0 radical (unpaired) electrons. The third-order valence-corrected chi connectivity index (χ3v) is 3.38. The molecular formula is C10H15N3OS. The molecule has 1 N–H and O–H groups in total. The molecule has 1 fully saturated rings. The molecule has 5 heteroatoms. The van der Waals surface area contributed by atoms with Gasteiger partial charge < -0.3 is 5.32 Å². The quantitative estimate of drug-likeness (QED) is 0.849. The number of carbonyl (C=O) groups excluding carboxylic acids is 1. The number of rotatable bonds is 3. The van der Waals surface area contributed by atoms with Gasteiger partial charge in [-0.1, -0.05) is 0 Å². The molecule has 82 valence electrons. The maximum absolute atomic E-state index is 11.8. The number of hydrogen-bond donors (Lipinski definition) is 1. The Bertz CT molecular complexity index is 336. The Labute approximate surface area is 93.3 Å². The summed E-state index contributed by atoms with van der Waals surface area (Å²) in [6.45, 7) is 5.25. The first-order valence-corrected chi connectivity index (χ1v) is 6.02. The van der Waals surface area contributed by atoms with Gasteiger partial charge in [0.2, 0.25) is 5.91 Å². The fourth-order valence-electron chi connectivity index (χ4n) is 1.78. The average Bonchev–Trinajstić information content (AvgIpc) is 2.52. The molecule has 1 atom stereocenters. The zero-order chi connectivity index (χ0) is 10.8. The Morgan fingerprint density at radius 1 is 1.73 bits per heavy atom. The number of nitrogens with one attached hydrogen (secondary N) is 1. The van der Waals surface area contributed by atoms with Gasteiger partial charge in [-0.3, -0.25) is 9.69 Å². The Morgan fingerprint density at radius 2 is 2.53 bits per heavy atom. The summed E-state index contributed by atoms with van der Waals surface area (Å²) in [7, 11) is 0. The van der Waals surface area contributed by atoms with Gasteiger partial charge in [0.15, 0.2) is 5.13 Å². The van der Waals surface area contributed by atoms with E-state index < -0.39 is 0 Å². The van der Waals surface area contributed by atoms with Crippen LogP contribution < -0.4 is 5.32 Å². The van der Waals surface area contributed by atoms with Crippen molar-refractivity contribution < 1.29 is 4.79 Å². The minimum atomic E-state index is 0.0360. The van der Waals surface area contributed by atoms with Crippen molar-refractivity contribution in [2.45, 2.75) is 32.4 Å². The fourth-order valence-corrected chi connectivity index (χ4v) is 2.31. The molecule has 1 aromatic rings. The van der Waals surface area contributed by atoms with Crippen LogP contribution in [0, 0.1) is 0 Å². The molecule has 1 aromatic heterocycles. The molecule has 1 aliphatic heterocycles. The van der Waals surface area contributed by atoms with Crippen LogP contribution in [0.25, 0.3) is 0 Å². The maximum Gasteiger partial charge on any atom is 0.243 e. The first-order chi connectivity index (χ1) is 7.18. The van der Waals surface area contributed by atoms with Crippen LogP contribution in [0.5, 0.6) is 0 Å². The van der Waals surface area contributed by atoms with E-state index in [0.717, 1.165) is 13.0 Å². The largest absolute Gasteiger partial charge is 0.301 e. The van der Waals surface area contributed by atoms with Gasteiger partial charge in [-0.25, -0.2) is 4.98 Å². The first kappa shape index (κ1) is 10.6. The van der Waals surface area contributed by atoms with Crippen molar-refractivity contribution in [1.29, 1.82) is 0 Å². The summed E-state index contributed by atoms with van der Waals surface area (Å²) >= 11 is 1.45. The van der Waals surface area contributed by atoms with E-state index in [2.05, 4.69) is 29.0 Å². The smallest absolute Gasteiger partial charge is 0.243 e. The van der Waals surface area contributed by atoms with Crippen molar-refractivity contribution in [3.63, 3.8) is 0 Å². The normalized spacial score (nSPS) is 21.4. The second kappa shape index (κ2) is 4.28. The van der Waals surface area contributed by atoms with Crippen molar-refractivity contribution in [1.82, 2.24) is 9.88 Å². The Morgan fingerprint density at radius 3 is 3.00 bits per heavy atom. The highest BCUT2D eigenvalue weighted by Crippen LogP contribution is 2.22. The van der Waals surface area contributed by atoms with E-state index in [1.165, 1.54) is 11.3 Å². The summed E-state index contributed by atoms with van der Waals surface area (Å²) < 4.78 is 0. The van der Waals surface area contributed by atoms with Gasteiger partial charge in [-0.2, -0.15) is 0 Å². The summed E-state index contributed by atoms with van der Waals surface area (Å²) in [5.74, 6) is 0.0740. The highest BCUT2D eigenvalue weighted by atomic mass is 32.1. The highest BCUT2D eigenvalue weighted by Gasteiger charge is 2.35. The number of aromatic nitrogens is 1. The molecular weight excluding hydrogens is 210 g/mol. The lowest BCUT2D eigenvalue weighted by molar-refractivity contribution is -0.126. The fraction of sp³-hybridized carbons (Fsp3) is 0.600. The second-order valence-electron chi connectivity index (χ2n) is 3.96. The lowest BCUT2D eigenvalue weighted by Crippen LogP contribution is -2.56. The van der Waals surface area contributed by atoms with Crippen molar-refractivity contribution in [2.24, 2.45) is 0 Å². The molecule has 0 saturated carbocycles. The van der Waals surface area contributed by atoms with Gasteiger partial charge in [-0.05, 0) is 20.3 Å². The maximum atomic E-state index is 11.8. The topological polar surface area (TPSA) is 45.2 Å². The lowest BCUT2D eigenvalue weighted by Gasteiger charge is -2.42. The molecule has 1 amide bonds. The Hall–Kier alpha value is -0.940. The van der Waals surface area contributed by atoms with E-state index in [9.17, 15) is 4.79 Å². The van der Waals surface area contributed by atoms with Gasteiger partial charge in [0.05, 0.1) is 6.04 Å². The van der Waals surface area contributed by atoms with Crippen molar-refractivity contribution in [3.05, 3.63) is 11.6 Å². The predicted octanol–water partition coefficient (Wildman–Crippen LogP) is 1.56. The van der Waals surface area contributed by atoms with E-state index in [1.54, 1.807) is 6.20 Å². The van der Waals surface area contributed by atoms with E-state index in [0.29, 0.717) is 11.2 Å². The molecule has 0 bridgehead atoms. The number of thiazole rings is 1. The standard InChI is InChI=1S/C10H15N3OS/c1-7(2)13-5-3-8(13)9(14)12-10-11-4-6-15-10/h4,6-8H,3,5H2,1-2H3,(H,11,12,14)/t8-/m0/s1. The molecule has 15 heavy (non-hydrogen) atoms. The third-order valence-electron chi connectivity index (χ3n) is 2.69. The van der Waals surface area contributed by atoms with Crippen LogP contribution in [0.4, 0.5) is 5.13 Å². The number of hydrogen-bond acceptors (Lipinski definition) is 4. The summed E-state index contributed by atoms with van der Waals surface area (Å²) in [4.78, 5) is 18.1. The van der Waals surface area contributed by atoms with Crippen LogP contribution in [-0.4, -0.2) is 34.4 Å². The lowest BCUT2D eigenvalue weighted by atomic mass is 10.00. The van der Waals surface area contributed by atoms with Gasteiger partial charge in [0, 0.05) is 24.2 Å². The zero-order valence-corrected chi connectivity index (χ0v) is 9.75. The summed E-state index contributed by atoms with van der Waals surface area (Å²) in [6, 6.07) is 0.472. The first-order valence-electron chi connectivity index (χ1n) is 5.14. The monoisotopic (exact) mass is 225 g/mol. The van der Waals surface area contributed by atoms with E-state index in [-0.39, 0.29) is 11.9 Å². The number of likely N-dealkylation sites (tertiary alicyclic amines) is 1. The van der Waals surface area contributed by atoms with Gasteiger partial charge in [0.25, 0.3) is 0 Å².